The maximum atomic E-state index is 13.2. The standard InChI is InChI=1S/C20H22N2O6S2/c1-5-27-19(23)13(2)28-15-8-11-18-17(12-15)21(3)20(24)22(30(18,25)26)14-6-9-16(29-4)10-7-14/h6-13H,5H2,1-4H3. The van der Waals surface area contributed by atoms with Crippen LogP contribution >= 0.6 is 11.8 Å². The van der Waals surface area contributed by atoms with Crippen LogP contribution in [0.2, 0.25) is 0 Å². The summed E-state index contributed by atoms with van der Waals surface area (Å²) < 4.78 is 37.6. The number of hydrogen-bond donors (Lipinski definition) is 0. The van der Waals surface area contributed by atoms with Crippen molar-refractivity contribution < 1.29 is 27.5 Å². The number of fused-ring (bicyclic) bond motifs is 1. The van der Waals surface area contributed by atoms with Crippen LogP contribution < -0.4 is 13.9 Å². The number of rotatable bonds is 6. The van der Waals surface area contributed by atoms with Gasteiger partial charge in [-0.1, -0.05) is 0 Å². The van der Waals surface area contributed by atoms with Gasteiger partial charge in [0.1, 0.15) is 10.6 Å². The molecule has 1 heterocycles. The van der Waals surface area contributed by atoms with Crippen LogP contribution in [0.4, 0.5) is 16.2 Å². The zero-order valence-corrected chi connectivity index (χ0v) is 18.6. The van der Waals surface area contributed by atoms with E-state index in [1.807, 2.05) is 6.26 Å². The molecule has 160 valence electrons. The molecule has 0 aromatic heterocycles. The van der Waals surface area contributed by atoms with Crippen molar-refractivity contribution in [1.29, 1.82) is 0 Å². The summed E-state index contributed by atoms with van der Waals surface area (Å²) in [5, 5.41) is 0. The van der Waals surface area contributed by atoms with Crippen LogP contribution in [0.15, 0.2) is 52.3 Å². The van der Waals surface area contributed by atoms with Gasteiger partial charge in [-0.2, -0.15) is 4.31 Å². The third kappa shape index (κ3) is 3.97. The molecular formula is C20H22N2O6S2. The second kappa shape index (κ2) is 8.57. The summed E-state index contributed by atoms with van der Waals surface area (Å²) in [6, 6.07) is 10.2. The lowest BCUT2D eigenvalue weighted by Gasteiger charge is -2.34. The first-order chi connectivity index (χ1) is 14.2. The fourth-order valence-electron chi connectivity index (χ4n) is 2.97. The number of ether oxygens (including phenoxy) is 2. The Balaban J connectivity index is 1.98. The van der Waals surface area contributed by atoms with Crippen LogP contribution in [0.5, 0.6) is 5.75 Å². The predicted octanol–water partition coefficient (Wildman–Crippen LogP) is 3.50. The number of urea groups is 1. The average Bonchev–Trinajstić information content (AvgIpc) is 2.72. The van der Waals surface area contributed by atoms with Gasteiger partial charge in [-0.15, -0.1) is 11.8 Å². The number of nitrogens with zero attached hydrogens (tertiary/aromatic N) is 2. The molecule has 2 aromatic rings. The highest BCUT2D eigenvalue weighted by Gasteiger charge is 2.41. The van der Waals surface area contributed by atoms with Gasteiger partial charge in [-0.25, -0.2) is 18.0 Å². The molecule has 1 atom stereocenters. The van der Waals surface area contributed by atoms with Crippen LogP contribution in [-0.2, 0) is 19.6 Å². The summed E-state index contributed by atoms with van der Waals surface area (Å²) in [7, 11) is -2.64. The third-order valence-electron chi connectivity index (χ3n) is 4.51. The molecule has 0 spiro atoms. The van der Waals surface area contributed by atoms with Gasteiger partial charge >= 0.3 is 12.0 Å². The van der Waals surface area contributed by atoms with E-state index in [2.05, 4.69) is 0 Å². The van der Waals surface area contributed by atoms with Crippen LogP contribution in [-0.4, -0.2) is 46.4 Å². The number of hydrogen-bond acceptors (Lipinski definition) is 7. The van der Waals surface area contributed by atoms with Crippen LogP contribution in [0, 0.1) is 0 Å². The zero-order chi connectivity index (χ0) is 22.1. The van der Waals surface area contributed by atoms with Gasteiger partial charge < -0.3 is 9.47 Å². The molecule has 2 amide bonds. The van der Waals surface area contributed by atoms with Crippen LogP contribution in [0.3, 0.4) is 0 Å². The molecule has 2 aromatic carbocycles. The van der Waals surface area contributed by atoms with E-state index >= 15 is 0 Å². The second-order valence-electron chi connectivity index (χ2n) is 6.45. The molecule has 0 saturated carbocycles. The summed E-state index contributed by atoms with van der Waals surface area (Å²) in [6.07, 6.45) is 1.03. The molecule has 0 aliphatic carbocycles. The number of sulfonamides is 1. The number of esters is 1. The van der Waals surface area contributed by atoms with Crippen LogP contribution in [0.25, 0.3) is 0 Å². The Morgan fingerprint density at radius 1 is 1.17 bits per heavy atom. The lowest BCUT2D eigenvalue weighted by Crippen LogP contribution is -2.49. The minimum Gasteiger partial charge on any atom is -0.479 e. The topological polar surface area (TPSA) is 93.2 Å². The molecule has 1 aliphatic heterocycles. The van der Waals surface area contributed by atoms with Gasteiger partial charge in [0, 0.05) is 18.0 Å². The lowest BCUT2D eigenvalue weighted by atomic mass is 10.2. The highest BCUT2D eigenvalue weighted by molar-refractivity contribution is 7.98. The quantitative estimate of drug-likeness (QED) is 0.491. The Morgan fingerprint density at radius 3 is 2.43 bits per heavy atom. The summed E-state index contributed by atoms with van der Waals surface area (Å²) in [5.41, 5.74) is 0.428. The third-order valence-corrected chi connectivity index (χ3v) is 7.00. The van der Waals surface area contributed by atoms with E-state index in [9.17, 15) is 18.0 Å². The van der Waals surface area contributed by atoms with Gasteiger partial charge in [-0.3, -0.25) is 4.90 Å². The molecule has 0 fully saturated rings. The smallest absolute Gasteiger partial charge is 0.347 e. The number of anilines is 2. The Morgan fingerprint density at radius 2 is 1.83 bits per heavy atom. The van der Waals surface area contributed by atoms with Gasteiger partial charge in [-0.05, 0) is 56.5 Å². The Bertz CT molecular complexity index is 1070. The molecule has 1 unspecified atom stereocenters. The summed E-state index contributed by atoms with van der Waals surface area (Å²) in [6.45, 7) is 3.44. The number of amides is 2. The number of benzene rings is 2. The van der Waals surface area contributed by atoms with Gasteiger partial charge in [0.15, 0.2) is 6.10 Å². The number of carbonyl (C=O) groups is 2. The predicted molar refractivity (Wildman–Crippen MR) is 115 cm³/mol. The summed E-state index contributed by atoms with van der Waals surface area (Å²) in [5.74, 6) is -0.283. The lowest BCUT2D eigenvalue weighted by molar-refractivity contribution is -0.150. The van der Waals surface area contributed by atoms with E-state index in [1.54, 1.807) is 31.2 Å². The van der Waals surface area contributed by atoms with E-state index in [0.29, 0.717) is 0 Å². The summed E-state index contributed by atoms with van der Waals surface area (Å²) >= 11 is 1.52. The van der Waals surface area contributed by atoms with E-state index in [0.717, 1.165) is 9.20 Å². The Kier molecular flexibility index (Phi) is 6.27. The summed E-state index contributed by atoms with van der Waals surface area (Å²) in [4.78, 5) is 26.9. The van der Waals surface area contributed by atoms with Gasteiger partial charge in [0.25, 0.3) is 10.0 Å². The van der Waals surface area contributed by atoms with E-state index in [1.165, 1.54) is 48.8 Å². The fraction of sp³-hybridized carbons (Fsp3) is 0.300. The highest BCUT2D eigenvalue weighted by Crippen LogP contribution is 2.39. The molecule has 10 heteroatoms. The van der Waals surface area contributed by atoms with E-state index in [4.69, 9.17) is 9.47 Å². The molecule has 0 N–H and O–H groups in total. The molecular weight excluding hydrogens is 428 g/mol. The molecule has 8 nitrogen and oxygen atoms in total. The van der Waals surface area contributed by atoms with Crippen molar-refractivity contribution >= 4 is 45.2 Å². The Labute approximate surface area is 179 Å². The maximum absolute atomic E-state index is 13.2. The SMILES string of the molecule is CCOC(=O)C(C)Oc1ccc2c(c1)N(C)C(=O)N(c1ccc(SC)cc1)S2(=O)=O. The highest BCUT2D eigenvalue weighted by atomic mass is 32.2. The molecule has 0 saturated heterocycles. The van der Waals surface area contributed by atoms with Gasteiger partial charge in [0.05, 0.1) is 18.0 Å². The van der Waals surface area contributed by atoms with E-state index in [-0.39, 0.29) is 28.6 Å². The first-order valence-electron chi connectivity index (χ1n) is 9.15. The minimum absolute atomic E-state index is 0.0327. The minimum atomic E-state index is -4.12. The van der Waals surface area contributed by atoms with Crippen molar-refractivity contribution in [2.75, 3.05) is 29.1 Å². The molecule has 0 bridgehead atoms. The van der Waals surface area contributed by atoms with Crippen molar-refractivity contribution in [1.82, 2.24) is 0 Å². The first kappa shape index (κ1) is 22.0. The van der Waals surface area contributed by atoms with Crippen molar-refractivity contribution in [2.45, 2.75) is 29.7 Å². The van der Waals surface area contributed by atoms with Crippen LogP contribution in [0.1, 0.15) is 13.8 Å². The van der Waals surface area contributed by atoms with E-state index < -0.39 is 28.1 Å². The molecule has 0 radical (unpaired) electrons. The average molecular weight is 451 g/mol. The zero-order valence-electron chi connectivity index (χ0n) is 17.0. The molecule has 3 rings (SSSR count). The maximum Gasteiger partial charge on any atom is 0.347 e. The normalized spacial score (nSPS) is 16.1. The second-order valence-corrected chi connectivity index (χ2v) is 9.09. The van der Waals surface area contributed by atoms with Gasteiger partial charge in [0.2, 0.25) is 0 Å². The molecule has 30 heavy (non-hydrogen) atoms. The fourth-order valence-corrected chi connectivity index (χ4v) is 5.00. The Hall–Kier alpha value is -2.72. The van der Waals surface area contributed by atoms with Crippen molar-refractivity contribution in [2.24, 2.45) is 0 Å². The monoisotopic (exact) mass is 450 g/mol. The molecule has 1 aliphatic rings. The number of carbonyl (C=O) groups excluding carboxylic acids is 2. The van der Waals surface area contributed by atoms with Crippen molar-refractivity contribution in [3.05, 3.63) is 42.5 Å². The number of thioether (sulfide) groups is 1. The van der Waals surface area contributed by atoms with Crippen molar-refractivity contribution in [3.8, 4) is 5.75 Å². The largest absolute Gasteiger partial charge is 0.479 e. The first-order valence-corrected chi connectivity index (χ1v) is 11.8. The van der Waals surface area contributed by atoms with Crippen molar-refractivity contribution in [3.63, 3.8) is 0 Å².